The molecule has 1 aromatic rings. The molecule has 1 fully saturated rings. The predicted octanol–water partition coefficient (Wildman–Crippen LogP) is -1.57. The Morgan fingerprint density at radius 2 is 1.77 bits per heavy atom. The Balaban J connectivity index is 1.80. The van der Waals surface area contributed by atoms with Crippen molar-refractivity contribution in [1.82, 2.24) is 0 Å². The zero-order valence-corrected chi connectivity index (χ0v) is 21.2. The van der Waals surface area contributed by atoms with Crippen molar-refractivity contribution in [2.45, 2.75) is 49.8 Å². The summed E-state index contributed by atoms with van der Waals surface area (Å²) in [6.07, 6.45) is -8.94. The molecule has 2 heterocycles. The fourth-order valence-electron chi connectivity index (χ4n) is 4.13. The van der Waals surface area contributed by atoms with E-state index in [0.717, 1.165) is 13.4 Å². The van der Waals surface area contributed by atoms with E-state index in [2.05, 4.69) is 0 Å². The molecule has 2 aliphatic rings. The van der Waals surface area contributed by atoms with E-state index >= 15 is 0 Å². The molecule has 15 heteroatoms. The number of methoxy groups -OCH3 is 1. The number of aliphatic hydroxyl groups is 4. The van der Waals surface area contributed by atoms with Crippen LogP contribution in [0.1, 0.15) is 12.0 Å². The van der Waals surface area contributed by atoms with Crippen LogP contribution in [0.2, 0.25) is 0 Å². The quantitative estimate of drug-likeness (QED) is 0.0955. The summed E-state index contributed by atoms with van der Waals surface area (Å²) in [5.41, 5.74) is 0.0283. The smallest absolute Gasteiger partial charge is 0.337 e. The highest BCUT2D eigenvalue weighted by Crippen LogP contribution is 2.36. The second-order valence-corrected chi connectivity index (χ2v) is 8.90. The number of benzene rings is 1. The fraction of sp³-hybridized carbons (Fsp3) is 0.480. The Morgan fingerprint density at radius 1 is 1.05 bits per heavy atom. The number of carboxylic acids is 1. The number of ether oxygens (including phenoxy) is 5. The van der Waals surface area contributed by atoms with Crippen LogP contribution in [0.15, 0.2) is 41.7 Å². The summed E-state index contributed by atoms with van der Waals surface area (Å²) in [5.74, 6) is -5.27. The standard InChI is InChI=1S/C25H30O15/c1-36-23(35)14-10-38-24(40-25-22(34)21(33)20(32)17(9-26)39-25)13(7-18(29)30)12(14)8-19(31)37-5-4-11-2-3-15(27)16(28)6-11/h2-3,6-7,10,12,17,20-22,24-28,32-34H,4-5,8-9H2,1H3,(H,29,30)/t12?,17-,20-,21+,22-,24?,25+/m1/s1. The summed E-state index contributed by atoms with van der Waals surface area (Å²) in [6.45, 7) is -0.912. The lowest BCUT2D eigenvalue weighted by Gasteiger charge is -2.41. The topological polar surface area (TPSA) is 239 Å². The summed E-state index contributed by atoms with van der Waals surface area (Å²) in [6, 6.07) is 4.06. The highest BCUT2D eigenvalue weighted by atomic mass is 16.8. The average Bonchev–Trinajstić information content (AvgIpc) is 2.92. The molecule has 0 radical (unpaired) electrons. The molecule has 220 valence electrons. The number of hydrogen-bond donors (Lipinski definition) is 7. The van der Waals surface area contributed by atoms with E-state index in [0.29, 0.717) is 11.6 Å². The van der Waals surface area contributed by atoms with Crippen molar-refractivity contribution >= 4 is 17.9 Å². The second-order valence-electron chi connectivity index (χ2n) is 8.90. The van der Waals surface area contributed by atoms with Gasteiger partial charge in [0.2, 0.25) is 6.29 Å². The number of phenolic OH excluding ortho intramolecular Hbond substituents is 2. The van der Waals surface area contributed by atoms with Gasteiger partial charge in [-0.15, -0.1) is 0 Å². The number of esters is 2. The molecule has 0 spiro atoms. The van der Waals surface area contributed by atoms with Gasteiger partial charge in [0.15, 0.2) is 17.8 Å². The molecular formula is C25H30O15. The van der Waals surface area contributed by atoms with Crippen molar-refractivity contribution in [3.05, 3.63) is 47.2 Å². The van der Waals surface area contributed by atoms with Crippen LogP contribution in [0, 0.1) is 5.92 Å². The molecular weight excluding hydrogens is 540 g/mol. The van der Waals surface area contributed by atoms with Gasteiger partial charge in [-0.1, -0.05) is 6.07 Å². The summed E-state index contributed by atoms with van der Waals surface area (Å²) in [4.78, 5) is 36.8. The molecule has 0 aromatic heterocycles. The Bertz CT molecular complexity index is 1140. The van der Waals surface area contributed by atoms with Crippen molar-refractivity contribution in [1.29, 1.82) is 0 Å². The van der Waals surface area contributed by atoms with Gasteiger partial charge in [-0.05, 0) is 17.7 Å². The molecule has 1 aromatic carbocycles. The van der Waals surface area contributed by atoms with Gasteiger partial charge in [0.05, 0.1) is 38.6 Å². The number of aliphatic hydroxyl groups excluding tert-OH is 4. The first-order chi connectivity index (χ1) is 19.0. The maximum absolute atomic E-state index is 12.7. The molecule has 7 atom stereocenters. The highest BCUT2D eigenvalue weighted by Gasteiger charge is 2.47. The van der Waals surface area contributed by atoms with Crippen LogP contribution >= 0.6 is 0 Å². The van der Waals surface area contributed by atoms with Gasteiger partial charge >= 0.3 is 17.9 Å². The minimum Gasteiger partial charge on any atom is -0.504 e. The van der Waals surface area contributed by atoms with Crippen molar-refractivity contribution in [2.75, 3.05) is 20.3 Å². The summed E-state index contributed by atoms with van der Waals surface area (Å²) < 4.78 is 26.1. The molecule has 2 aliphatic heterocycles. The van der Waals surface area contributed by atoms with E-state index in [1.54, 1.807) is 0 Å². The molecule has 40 heavy (non-hydrogen) atoms. The van der Waals surface area contributed by atoms with Crippen molar-refractivity contribution in [2.24, 2.45) is 5.92 Å². The normalized spacial score (nSPS) is 29.3. The van der Waals surface area contributed by atoms with E-state index in [1.165, 1.54) is 18.2 Å². The molecule has 0 bridgehead atoms. The fourth-order valence-corrected chi connectivity index (χ4v) is 4.13. The van der Waals surface area contributed by atoms with Crippen LogP contribution in [-0.4, -0.2) is 111 Å². The number of carboxylic acid groups (broad SMARTS) is 1. The van der Waals surface area contributed by atoms with Crippen LogP contribution < -0.4 is 0 Å². The Morgan fingerprint density at radius 3 is 2.40 bits per heavy atom. The number of aromatic hydroxyl groups is 2. The Labute approximate surface area is 227 Å². The number of hydrogen-bond acceptors (Lipinski definition) is 14. The third kappa shape index (κ3) is 7.26. The monoisotopic (exact) mass is 570 g/mol. The number of aliphatic carboxylic acids is 1. The minimum atomic E-state index is -1.85. The number of rotatable bonds is 10. The van der Waals surface area contributed by atoms with Crippen LogP contribution in [0.25, 0.3) is 0 Å². The van der Waals surface area contributed by atoms with E-state index < -0.39 is 73.8 Å². The average molecular weight is 571 g/mol. The zero-order chi connectivity index (χ0) is 29.6. The van der Waals surface area contributed by atoms with Crippen molar-refractivity contribution in [3.63, 3.8) is 0 Å². The van der Waals surface area contributed by atoms with E-state index in [4.69, 9.17) is 23.7 Å². The Kier molecular flexibility index (Phi) is 10.4. The molecule has 15 nitrogen and oxygen atoms in total. The third-order valence-electron chi connectivity index (χ3n) is 6.25. The highest BCUT2D eigenvalue weighted by molar-refractivity contribution is 5.91. The molecule has 7 N–H and O–H groups in total. The predicted molar refractivity (Wildman–Crippen MR) is 128 cm³/mol. The molecule has 0 saturated carbocycles. The van der Waals surface area contributed by atoms with Crippen LogP contribution in [0.3, 0.4) is 0 Å². The first-order valence-corrected chi connectivity index (χ1v) is 12.0. The largest absolute Gasteiger partial charge is 0.504 e. The maximum Gasteiger partial charge on any atom is 0.337 e. The van der Waals surface area contributed by atoms with Gasteiger partial charge in [0, 0.05) is 24.0 Å². The molecule has 3 rings (SSSR count). The van der Waals surface area contributed by atoms with Gasteiger partial charge < -0.3 is 59.4 Å². The minimum absolute atomic E-state index is 0.160. The molecule has 0 amide bonds. The van der Waals surface area contributed by atoms with Gasteiger partial charge in [-0.3, -0.25) is 4.79 Å². The number of carbonyl (C=O) groups excluding carboxylic acids is 2. The summed E-state index contributed by atoms with van der Waals surface area (Å²) in [5, 5.41) is 68.2. The molecule has 1 saturated heterocycles. The van der Waals surface area contributed by atoms with Gasteiger partial charge in [0.1, 0.15) is 24.4 Å². The van der Waals surface area contributed by atoms with E-state index in [-0.39, 0.29) is 35.7 Å². The first kappa shape index (κ1) is 30.8. The van der Waals surface area contributed by atoms with Crippen molar-refractivity contribution < 1.29 is 73.8 Å². The third-order valence-corrected chi connectivity index (χ3v) is 6.25. The zero-order valence-electron chi connectivity index (χ0n) is 21.2. The maximum atomic E-state index is 12.7. The van der Waals surface area contributed by atoms with Crippen LogP contribution in [-0.2, 0) is 44.5 Å². The Hall–Kier alpha value is -3.73. The van der Waals surface area contributed by atoms with Crippen LogP contribution in [0.4, 0.5) is 0 Å². The molecule has 0 aliphatic carbocycles. The van der Waals surface area contributed by atoms with Gasteiger partial charge in [-0.25, -0.2) is 9.59 Å². The second kappa shape index (κ2) is 13.6. The lowest BCUT2D eigenvalue weighted by molar-refractivity contribution is -0.327. The van der Waals surface area contributed by atoms with Gasteiger partial charge in [-0.2, -0.15) is 0 Å². The number of phenols is 2. The van der Waals surface area contributed by atoms with Crippen molar-refractivity contribution in [3.8, 4) is 11.5 Å². The lowest BCUT2D eigenvalue weighted by atomic mass is 9.86. The summed E-state index contributed by atoms with van der Waals surface area (Å²) in [7, 11) is 1.06. The van der Waals surface area contributed by atoms with Gasteiger partial charge in [0.25, 0.3) is 0 Å². The molecule has 2 unspecified atom stereocenters. The SMILES string of the molecule is COC(=O)C1=COC(O[C@@H]2O[C@H](CO)[C@@H](O)[C@H](O)[C@H]2O)C(=CC(=O)O)C1CC(=O)OCCc1ccc(O)c(O)c1. The van der Waals surface area contributed by atoms with E-state index in [9.17, 15) is 50.1 Å². The number of carbonyl (C=O) groups is 3. The van der Waals surface area contributed by atoms with E-state index in [1.807, 2.05) is 0 Å². The first-order valence-electron chi connectivity index (χ1n) is 12.0. The van der Waals surface area contributed by atoms with Crippen LogP contribution in [0.5, 0.6) is 11.5 Å². The summed E-state index contributed by atoms with van der Waals surface area (Å²) >= 11 is 0. The lowest BCUT2D eigenvalue weighted by Crippen LogP contribution is -2.60.